The number of nitrogens with zero attached hydrogens (tertiary/aromatic N) is 2. The molecule has 0 bridgehead atoms. The molecule has 5 heteroatoms. The van der Waals surface area contributed by atoms with Crippen molar-refractivity contribution in [3.63, 3.8) is 0 Å². The molecule has 0 spiro atoms. The number of fused-ring (bicyclic) bond motifs is 1. The van der Waals surface area contributed by atoms with E-state index in [0.717, 1.165) is 30.5 Å². The van der Waals surface area contributed by atoms with E-state index in [9.17, 15) is 10.1 Å². The molecule has 1 aliphatic rings. The van der Waals surface area contributed by atoms with Crippen LogP contribution in [0.5, 0.6) is 0 Å². The summed E-state index contributed by atoms with van der Waals surface area (Å²) in [6.45, 7) is 0. The van der Waals surface area contributed by atoms with Crippen LogP contribution >= 0.6 is 23.1 Å². The SMILES string of the molecule is N#CC(C(=O)CSC1CCCc2ccccc21)c1nc(-c2ccccc2)cs1. The third-order valence-corrected chi connectivity index (χ3v) is 7.28. The van der Waals surface area contributed by atoms with Gasteiger partial charge in [-0.3, -0.25) is 4.79 Å². The second-order valence-corrected chi connectivity index (χ2v) is 8.94. The summed E-state index contributed by atoms with van der Waals surface area (Å²) in [5.74, 6) is -0.490. The molecule has 3 aromatic rings. The predicted octanol–water partition coefficient (Wildman–Crippen LogP) is 5.80. The van der Waals surface area contributed by atoms with Gasteiger partial charge in [0, 0.05) is 16.2 Å². The second-order valence-electron chi connectivity index (χ2n) is 6.86. The smallest absolute Gasteiger partial charge is 0.166 e. The second kappa shape index (κ2) is 8.72. The first kappa shape index (κ1) is 18.9. The third-order valence-electron chi connectivity index (χ3n) is 5.03. The van der Waals surface area contributed by atoms with Crippen LogP contribution in [0.3, 0.4) is 0 Å². The van der Waals surface area contributed by atoms with E-state index in [1.807, 2.05) is 35.7 Å². The summed E-state index contributed by atoms with van der Waals surface area (Å²) in [5.41, 5.74) is 4.56. The lowest BCUT2D eigenvalue weighted by molar-refractivity contribution is -0.116. The number of benzene rings is 2. The molecular formula is C23H20N2OS2. The summed E-state index contributed by atoms with van der Waals surface area (Å²) >= 11 is 3.06. The largest absolute Gasteiger partial charge is 0.297 e. The molecule has 2 unspecified atom stereocenters. The first-order valence-corrected chi connectivity index (χ1v) is 11.3. The molecule has 0 radical (unpaired) electrons. The summed E-state index contributed by atoms with van der Waals surface area (Å²) in [5, 5.41) is 12.5. The zero-order chi connectivity index (χ0) is 19.3. The Morgan fingerprint density at radius 2 is 2.00 bits per heavy atom. The minimum atomic E-state index is -0.784. The van der Waals surface area contributed by atoms with Crippen molar-refractivity contribution < 1.29 is 4.79 Å². The Hall–Kier alpha value is -2.42. The Bertz CT molecular complexity index is 1010. The molecule has 2 atom stereocenters. The van der Waals surface area contributed by atoms with Crippen LogP contribution in [0.2, 0.25) is 0 Å². The molecule has 3 nitrogen and oxygen atoms in total. The van der Waals surface area contributed by atoms with E-state index in [1.165, 1.54) is 22.5 Å². The molecule has 2 aromatic carbocycles. The molecule has 0 aliphatic heterocycles. The summed E-state index contributed by atoms with van der Waals surface area (Å²) in [6.07, 6.45) is 3.35. The van der Waals surface area contributed by atoms with Crippen molar-refractivity contribution in [1.29, 1.82) is 5.26 Å². The Morgan fingerprint density at radius 1 is 1.21 bits per heavy atom. The molecule has 0 amide bonds. The quantitative estimate of drug-likeness (QED) is 0.521. The van der Waals surface area contributed by atoms with Gasteiger partial charge in [0.15, 0.2) is 11.7 Å². The van der Waals surface area contributed by atoms with Crippen molar-refractivity contribution in [3.05, 3.63) is 76.1 Å². The Balaban J connectivity index is 1.44. The number of hydrogen-bond acceptors (Lipinski definition) is 5. The van der Waals surface area contributed by atoms with Gasteiger partial charge in [0.05, 0.1) is 17.5 Å². The zero-order valence-corrected chi connectivity index (χ0v) is 17.0. The van der Waals surface area contributed by atoms with Gasteiger partial charge < -0.3 is 0 Å². The molecule has 1 heterocycles. The normalized spacial score (nSPS) is 16.8. The van der Waals surface area contributed by atoms with E-state index in [0.29, 0.717) is 16.0 Å². The van der Waals surface area contributed by atoms with Crippen LogP contribution < -0.4 is 0 Å². The molecular weight excluding hydrogens is 384 g/mol. The van der Waals surface area contributed by atoms with Crippen LogP contribution in [0.15, 0.2) is 60.0 Å². The number of rotatable bonds is 6. The highest BCUT2D eigenvalue weighted by molar-refractivity contribution is 8.00. The third kappa shape index (κ3) is 4.04. The number of carbonyl (C=O) groups excluding carboxylic acids is 1. The Kier molecular flexibility index (Phi) is 5.90. The fourth-order valence-electron chi connectivity index (χ4n) is 3.58. The first-order valence-electron chi connectivity index (χ1n) is 9.39. The Morgan fingerprint density at radius 3 is 2.82 bits per heavy atom. The van der Waals surface area contributed by atoms with E-state index in [4.69, 9.17) is 0 Å². The number of thioether (sulfide) groups is 1. The zero-order valence-electron chi connectivity index (χ0n) is 15.4. The van der Waals surface area contributed by atoms with Crippen LogP contribution in [-0.4, -0.2) is 16.5 Å². The van der Waals surface area contributed by atoms with Gasteiger partial charge in [-0.1, -0.05) is 54.6 Å². The number of ketones is 1. The lowest BCUT2D eigenvalue weighted by Gasteiger charge is -2.24. The van der Waals surface area contributed by atoms with Crippen molar-refractivity contribution in [1.82, 2.24) is 4.98 Å². The molecule has 1 aliphatic carbocycles. The summed E-state index contributed by atoms with van der Waals surface area (Å²) in [4.78, 5) is 17.4. The number of Topliss-reactive ketones (excluding diaryl/α,β-unsaturated/α-hetero) is 1. The molecule has 0 N–H and O–H groups in total. The number of nitriles is 1. The van der Waals surface area contributed by atoms with E-state index in [2.05, 4.69) is 35.3 Å². The highest BCUT2D eigenvalue weighted by Crippen LogP contribution is 2.40. The molecule has 28 heavy (non-hydrogen) atoms. The average molecular weight is 405 g/mol. The van der Waals surface area contributed by atoms with Gasteiger partial charge >= 0.3 is 0 Å². The summed E-state index contributed by atoms with van der Waals surface area (Å²) in [6, 6.07) is 20.5. The fraction of sp³-hybridized carbons (Fsp3) is 0.261. The minimum absolute atomic E-state index is 0.0514. The van der Waals surface area contributed by atoms with Gasteiger partial charge in [-0.15, -0.1) is 23.1 Å². The van der Waals surface area contributed by atoms with Gasteiger partial charge in [0.1, 0.15) is 5.01 Å². The van der Waals surface area contributed by atoms with Crippen LogP contribution in [0.1, 0.15) is 40.1 Å². The van der Waals surface area contributed by atoms with Gasteiger partial charge in [0.2, 0.25) is 0 Å². The van der Waals surface area contributed by atoms with Crippen LogP contribution in [0.25, 0.3) is 11.3 Å². The van der Waals surface area contributed by atoms with Crippen LogP contribution in [-0.2, 0) is 11.2 Å². The van der Waals surface area contributed by atoms with Crippen molar-refractivity contribution >= 4 is 28.9 Å². The van der Waals surface area contributed by atoms with Crippen LogP contribution in [0.4, 0.5) is 0 Å². The lowest BCUT2D eigenvalue weighted by Crippen LogP contribution is -2.15. The van der Waals surface area contributed by atoms with Gasteiger partial charge in [-0.05, 0) is 30.4 Å². The number of aryl methyl sites for hydroxylation is 1. The van der Waals surface area contributed by atoms with Gasteiger partial charge in [-0.25, -0.2) is 4.98 Å². The number of thiazole rings is 1. The van der Waals surface area contributed by atoms with Crippen LogP contribution in [0, 0.1) is 11.3 Å². The van der Waals surface area contributed by atoms with E-state index in [-0.39, 0.29) is 5.78 Å². The maximum atomic E-state index is 12.8. The Labute approximate surface area is 173 Å². The molecule has 140 valence electrons. The molecule has 0 fully saturated rings. The lowest BCUT2D eigenvalue weighted by atomic mass is 9.91. The van der Waals surface area contributed by atoms with E-state index >= 15 is 0 Å². The minimum Gasteiger partial charge on any atom is -0.297 e. The standard InChI is InChI=1S/C23H20N2OS2/c24-13-19(23-25-20(14-28-23)17-8-2-1-3-9-17)21(26)15-27-22-12-6-10-16-7-4-5-11-18(16)22/h1-5,7-9,11,14,19,22H,6,10,12,15H2. The number of hydrogen-bond donors (Lipinski definition) is 0. The van der Waals surface area contributed by atoms with E-state index in [1.54, 1.807) is 11.8 Å². The monoisotopic (exact) mass is 404 g/mol. The first-order chi connectivity index (χ1) is 13.8. The van der Waals surface area contributed by atoms with Crippen molar-refractivity contribution in [2.75, 3.05) is 5.75 Å². The van der Waals surface area contributed by atoms with Gasteiger partial charge in [-0.2, -0.15) is 5.26 Å². The predicted molar refractivity (Wildman–Crippen MR) is 115 cm³/mol. The van der Waals surface area contributed by atoms with Gasteiger partial charge in [0.25, 0.3) is 0 Å². The highest BCUT2D eigenvalue weighted by Gasteiger charge is 2.26. The van der Waals surface area contributed by atoms with Crippen molar-refractivity contribution in [3.8, 4) is 17.3 Å². The molecule has 0 saturated carbocycles. The molecule has 1 aromatic heterocycles. The van der Waals surface area contributed by atoms with Crippen molar-refractivity contribution in [2.45, 2.75) is 30.4 Å². The maximum Gasteiger partial charge on any atom is 0.166 e. The summed E-state index contributed by atoms with van der Waals surface area (Å²) in [7, 11) is 0. The number of aromatic nitrogens is 1. The number of carbonyl (C=O) groups is 1. The molecule has 4 rings (SSSR count). The van der Waals surface area contributed by atoms with E-state index < -0.39 is 5.92 Å². The summed E-state index contributed by atoms with van der Waals surface area (Å²) < 4.78 is 0. The topological polar surface area (TPSA) is 53.8 Å². The average Bonchev–Trinajstić information content (AvgIpc) is 3.23. The fourth-order valence-corrected chi connectivity index (χ4v) is 5.74. The highest BCUT2D eigenvalue weighted by atomic mass is 32.2. The van der Waals surface area contributed by atoms with Crippen molar-refractivity contribution in [2.24, 2.45) is 0 Å². The maximum absolute atomic E-state index is 12.8. The molecule has 0 saturated heterocycles.